The van der Waals surface area contributed by atoms with Gasteiger partial charge < -0.3 is 78.0 Å². The molecule has 8 atom stereocenters. The Morgan fingerprint density at radius 2 is 1.25 bits per heavy atom. The molecule has 10 rings (SSSR count). The maximum absolute atomic E-state index is 15.3. The van der Waals surface area contributed by atoms with Crippen LogP contribution in [0.3, 0.4) is 0 Å². The Balaban J connectivity index is 0.974. The summed E-state index contributed by atoms with van der Waals surface area (Å²) in [5.74, 6) is -7.63. The number of thioether (sulfide) groups is 2. The number of nitrogens with two attached hydrogens (primary N) is 1. The Hall–Kier alpha value is -10.2. The zero-order chi connectivity index (χ0) is 75.9. The molecular formula is C77H94F2N14O12S2. The molecule has 3 aliphatic rings. The second-order valence-corrected chi connectivity index (χ2v) is 29.7. The van der Waals surface area contributed by atoms with E-state index in [1.165, 1.54) is 84.4 Å². The summed E-state index contributed by atoms with van der Waals surface area (Å²) in [6.07, 6.45) is 12.6. The maximum atomic E-state index is 15.3. The number of aromatic nitrogens is 4. The number of carbonyl (C=O) groups is 10. The Morgan fingerprint density at radius 3 is 1.88 bits per heavy atom. The first-order chi connectivity index (χ1) is 51.6. The molecule has 0 spiro atoms. The van der Waals surface area contributed by atoms with Gasteiger partial charge in [-0.15, -0.1) is 0 Å². The number of nitrogens with one attached hydrogen (secondary N) is 11. The lowest BCUT2D eigenvalue weighted by atomic mass is 9.90. The van der Waals surface area contributed by atoms with Crippen molar-refractivity contribution >= 4 is 104 Å². The Morgan fingerprint density at radius 1 is 0.645 bits per heavy atom. The van der Waals surface area contributed by atoms with Crippen LogP contribution < -0.4 is 53.0 Å². The minimum atomic E-state index is -2.00. The summed E-state index contributed by atoms with van der Waals surface area (Å²) in [7, 11) is 0. The van der Waals surface area contributed by atoms with Crippen molar-refractivity contribution in [3.05, 3.63) is 167 Å². The number of rotatable bonds is 18. The van der Waals surface area contributed by atoms with Crippen molar-refractivity contribution in [3.63, 3.8) is 0 Å². The van der Waals surface area contributed by atoms with Crippen LogP contribution in [0.4, 0.5) is 8.78 Å². The highest BCUT2D eigenvalue weighted by Gasteiger charge is 2.41. The average Bonchev–Trinajstić information content (AvgIpc) is 1.79. The van der Waals surface area contributed by atoms with E-state index in [4.69, 9.17) is 10.5 Å². The van der Waals surface area contributed by atoms with E-state index in [1.807, 2.05) is 31.2 Å². The van der Waals surface area contributed by atoms with Crippen molar-refractivity contribution in [3.8, 4) is 5.75 Å². The molecule has 107 heavy (non-hydrogen) atoms. The van der Waals surface area contributed by atoms with E-state index in [0.29, 0.717) is 99.1 Å². The van der Waals surface area contributed by atoms with Crippen molar-refractivity contribution in [2.24, 2.45) is 11.7 Å². The van der Waals surface area contributed by atoms with Crippen LogP contribution in [0, 0.1) is 17.6 Å². The number of hydrogen-bond donors (Lipinski definition) is 13. The van der Waals surface area contributed by atoms with Gasteiger partial charge in [0.15, 0.2) is 0 Å². The second kappa shape index (κ2) is 38.9. The molecule has 4 aromatic carbocycles. The quantitative estimate of drug-likeness (QED) is 0.0409. The predicted octanol–water partition coefficient (Wildman–Crippen LogP) is 6.48. The van der Waals surface area contributed by atoms with Gasteiger partial charge in [0.25, 0.3) is 0 Å². The molecule has 2 aliphatic heterocycles. The fourth-order valence-electron chi connectivity index (χ4n) is 13.7. The topological polar surface area (TPSA) is 386 Å². The van der Waals surface area contributed by atoms with E-state index < -0.39 is 133 Å². The summed E-state index contributed by atoms with van der Waals surface area (Å²) in [4.78, 5) is 159. The molecule has 26 nitrogen and oxygen atoms in total. The SMILES string of the molecule is C=C1NCC(=O)N[C@@H](Cc2c[nH]c3ccc(F)cc23)C(=O)N[C@@H](Cc2c[nH]c3ccc(F)cc23)C(=O)N[C@@H](CC(=O)O)C(=O)N[C@@H](Cc2cnc[nH]2)C(=O)N[C@@H](Cc2ccc(OCC3CCCCC3)cc2)C(=O)N2CCC[C@H]2C(=O)N[C@H](C(N)=O)CSCc2cccc(c2)CSCCC(=O)N[C@H]1CCCCC. The number of aliphatic carboxylic acids is 1. The molecule has 1 saturated carbocycles. The van der Waals surface area contributed by atoms with Crippen LogP contribution in [0.15, 0.2) is 122 Å². The van der Waals surface area contributed by atoms with Gasteiger partial charge >= 0.3 is 5.97 Å². The van der Waals surface area contributed by atoms with Gasteiger partial charge in [-0.1, -0.05) is 88.4 Å². The second-order valence-electron chi connectivity index (χ2n) is 27.6. The molecule has 30 heteroatoms. The van der Waals surface area contributed by atoms with E-state index >= 15 is 23.6 Å². The molecule has 570 valence electrons. The van der Waals surface area contributed by atoms with Crippen LogP contribution in [-0.4, -0.2) is 169 Å². The van der Waals surface area contributed by atoms with E-state index in [2.05, 4.69) is 69.0 Å². The third-order valence-electron chi connectivity index (χ3n) is 19.5. The summed E-state index contributed by atoms with van der Waals surface area (Å²) >= 11 is 2.92. The first-order valence-electron chi connectivity index (χ1n) is 36.4. The number of unbranched alkanes of at least 4 members (excludes halogenated alkanes) is 2. The van der Waals surface area contributed by atoms with E-state index in [9.17, 15) is 38.3 Å². The number of primary amides is 1. The van der Waals surface area contributed by atoms with Crippen molar-refractivity contribution in [1.82, 2.24) is 67.4 Å². The third-order valence-corrected chi connectivity index (χ3v) is 21.7. The lowest BCUT2D eigenvalue weighted by molar-refractivity contribution is -0.143. The number of nitrogens with zero attached hydrogens (tertiary/aromatic N) is 2. The standard InChI is InChI=1S/C77H94F2N14O12S2/c1-3-4-6-15-58-45(2)82-39-69(95)87-61(30-50-36-83-59-23-19-52(78)32-56(50)59)72(99)88-62(31-51-37-84-60-24-20-53(79)33-57(51)60)73(100)90-64(35-70(96)97)75(102)89-63(34-54-38-81-44-85-54)74(101)91-65(29-46-17-21-55(22-18-46)105-40-47-11-7-5-8-12-47)77(104)93-26-10-16-67(93)76(103)92-66(71(80)98)43-107-42-49-14-9-13-48(28-49)41-106-27-25-68(94)86-58/h9,13-14,17-24,28,32-33,36-38,44,47,58,61-67,82-84H,2-8,10-12,15-16,25-27,29-31,34-35,39-43H2,1H3,(H2,80,98)(H,81,85)(H,86,94)(H,87,95)(H,88,99)(H,89,102)(H,90,100)(H,91,101)(H,92,103)(H,96,97)/t58-,61-,62-,63-,64-,65-,66-,67-/m0/s1. The molecule has 9 amide bonds. The molecule has 0 unspecified atom stereocenters. The minimum absolute atomic E-state index is 0.0758. The highest BCUT2D eigenvalue weighted by Crippen LogP contribution is 2.28. The van der Waals surface area contributed by atoms with E-state index in [-0.39, 0.29) is 55.9 Å². The van der Waals surface area contributed by atoms with E-state index in [1.54, 1.807) is 36.0 Å². The molecule has 14 N–H and O–H groups in total. The number of carbonyl (C=O) groups excluding carboxylic acids is 9. The maximum Gasteiger partial charge on any atom is 0.305 e. The molecule has 2 bridgehead atoms. The number of aromatic amines is 3. The number of fused-ring (bicyclic) bond motifs is 5. The fraction of sp³-hybridized carbons (Fsp3) is 0.442. The van der Waals surface area contributed by atoms with Crippen LogP contribution in [-0.2, 0) is 85.1 Å². The van der Waals surface area contributed by atoms with Crippen LogP contribution in [0.5, 0.6) is 5.75 Å². The molecular weight excluding hydrogens is 1420 g/mol. The van der Waals surface area contributed by atoms with Crippen molar-refractivity contribution in [2.45, 2.75) is 176 Å². The minimum Gasteiger partial charge on any atom is -0.493 e. The molecule has 1 aliphatic carbocycles. The fourth-order valence-corrected chi connectivity index (χ4v) is 15.6. The monoisotopic (exact) mass is 1510 g/mol. The summed E-state index contributed by atoms with van der Waals surface area (Å²) in [6.45, 7) is 6.38. The number of benzene rings is 4. The molecule has 5 heterocycles. The van der Waals surface area contributed by atoms with Gasteiger partial charge in [0.05, 0.1) is 31.9 Å². The number of hydrogen-bond acceptors (Lipinski definition) is 15. The van der Waals surface area contributed by atoms with Crippen LogP contribution in [0.1, 0.15) is 124 Å². The lowest BCUT2D eigenvalue weighted by Crippen LogP contribution is -2.61. The number of imidazole rings is 1. The van der Waals surface area contributed by atoms with Crippen molar-refractivity contribution in [2.75, 3.05) is 31.2 Å². The van der Waals surface area contributed by atoms with Gasteiger partial charge in [-0.3, -0.25) is 47.9 Å². The van der Waals surface area contributed by atoms with Gasteiger partial charge in [0.1, 0.15) is 59.7 Å². The highest BCUT2D eigenvalue weighted by molar-refractivity contribution is 7.98. The van der Waals surface area contributed by atoms with Crippen LogP contribution >= 0.6 is 23.5 Å². The van der Waals surface area contributed by atoms with Gasteiger partial charge in [-0.25, -0.2) is 13.8 Å². The predicted molar refractivity (Wildman–Crippen MR) is 403 cm³/mol. The summed E-state index contributed by atoms with van der Waals surface area (Å²) in [5, 5.41) is 33.4. The average molecular weight is 1510 g/mol. The Labute approximate surface area is 627 Å². The van der Waals surface area contributed by atoms with Gasteiger partial charge in [0.2, 0.25) is 53.2 Å². The highest BCUT2D eigenvalue weighted by atomic mass is 32.2. The van der Waals surface area contributed by atoms with Crippen LogP contribution in [0.2, 0.25) is 0 Å². The van der Waals surface area contributed by atoms with Crippen molar-refractivity contribution in [1.29, 1.82) is 0 Å². The Bertz CT molecular complexity index is 4280. The first kappa shape index (κ1) is 79.3. The summed E-state index contributed by atoms with van der Waals surface area (Å²) in [5.41, 5.74) is 10.7. The van der Waals surface area contributed by atoms with Crippen LogP contribution in [0.25, 0.3) is 21.8 Å². The Kier molecular flexibility index (Phi) is 28.8. The molecule has 1 saturated heterocycles. The first-order valence-corrected chi connectivity index (χ1v) is 38.7. The van der Waals surface area contributed by atoms with Crippen molar-refractivity contribution < 1.29 is 66.6 Å². The number of H-pyrrole nitrogens is 3. The van der Waals surface area contributed by atoms with Gasteiger partial charge in [-0.2, -0.15) is 23.5 Å². The number of halogens is 2. The summed E-state index contributed by atoms with van der Waals surface area (Å²) < 4.78 is 36.2. The molecule has 3 aromatic heterocycles. The zero-order valence-corrected chi connectivity index (χ0v) is 61.4. The van der Waals surface area contributed by atoms with Gasteiger partial charge in [-0.05, 0) is 114 Å². The summed E-state index contributed by atoms with van der Waals surface area (Å²) in [6, 6.07) is 11.5. The number of ether oxygens (including phenoxy) is 1. The third kappa shape index (κ3) is 23.1. The molecule has 0 radical (unpaired) electrons. The number of carboxylic acids is 1. The lowest BCUT2D eigenvalue weighted by Gasteiger charge is -2.31. The largest absolute Gasteiger partial charge is 0.493 e. The number of carboxylic acid groups (broad SMARTS) is 1. The number of amides is 9. The molecule has 7 aromatic rings. The molecule has 2 fully saturated rings. The van der Waals surface area contributed by atoms with Gasteiger partial charge in [0, 0.05) is 113 Å². The van der Waals surface area contributed by atoms with E-state index in [0.717, 1.165) is 49.7 Å². The normalized spacial score (nSPS) is 22.4. The zero-order valence-electron chi connectivity index (χ0n) is 59.7. The smallest absolute Gasteiger partial charge is 0.305 e.